The number of hydrogen-bond donors (Lipinski definition) is 1. The number of nitrogens with zero attached hydrogens (tertiary/aromatic N) is 3. The molecule has 0 bridgehead atoms. The van der Waals surface area contributed by atoms with Crippen molar-refractivity contribution in [1.29, 1.82) is 5.26 Å². The molecule has 0 aliphatic carbocycles. The molecule has 0 unspecified atom stereocenters. The van der Waals surface area contributed by atoms with E-state index in [1.165, 1.54) is 12.4 Å². The highest BCUT2D eigenvalue weighted by atomic mass is 35.5. The molecule has 1 amide bonds. The van der Waals surface area contributed by atoms with E-state index < -0.39 is 0 Å². The molecule has 1 aromatic carbocycles. The smallest absolute Gasteiger partial charge is 0.256 e. The molecule has 0 saturated heterocycles. The molecule has 6 heteroatoms. The maximum Gasteiger partial charge on any atom is 0.256 e. The number of benzene rings is 1. The van der Waals surface area contributed by atoms with Crippen LogP contribution in [0.25, 0.3) is 0 Å². The van der Waals surface area contributed by atoms with Crippen molar-refractivity contribution in [3.8, 4) is 6.07 Å². The summed E-state index contributed by atoms with van der Waals surface area (Å²) in [6.45, 7) is 0. The molecule has 1 heterocycles. The number of anilines is 1. The monoisotopic (exact) mass is 258 g/mol. The van der Waals surface area contributed by atoms with Gasteiger partial charge in [-0.05, 0) is 18.2 Å². The number of amides is 1. The van der Waals surface area contributed by atoms with E-state index in [1.54, 1.807) is 24.3 Å². The number of hydrogen-bond acceptors (Lipinski definition) is 4. The van der Waals surface area contributed by atoms with E-state index >= 15 is 0 Å². The Hall–Kier alpha value is -2.45. The molecular formula is C12H7ClN4O. The van der Waals surface area contributed by atoms with Crippen molar-refractivity contribution < 1.29 is 4.79 Å². The van der Waals surface area contributed by atoms with Crippen LogP contribution in [-0.4, -0.2) is 15.9 Å². The van der Waals surface area contributed by atoms with E-state index in [2.05, 4.69) is 15.3 Å². The summed E-state index contributed by atoms with van der Waals surface area (Å²) in [6.07, 6.45) is 2.61. The van der Waals surface area contributed by atoms with Crippen LogP contribution in [0.5, 0.6) is 0 Å². The Morgan fingerprint density at radius 3 is 2.78 bits per heavy atom. The van der Waals surface area contributed by atoms with Gasteiger partial charge in [0.05, 0.1) is 12.4 Å². The van der Waals surface area contributed by atoms with Gasteiger partial charge in [0.2, 0.25) is 0 Å². The molecule has 1 N–H and O–H groups in total. The lowest BCUT2D eigenvalue weighted by Gasteiger charge is -2.03. The summed E-state index contributed by atoms with van der Waals surface area (Å²) in [4.78, 5) is 19.5. The first-order chi connectivity index (χ1) is 8.69. The van der Waals surface area contributed by atoms with E-state index in [9.17, 15) is 4.79 Å². The lowest BCUT2D eigenvalue weighted by molar-refractivity contribution is 0.102. The summed E-state index contributed by atoms with van der Waals surface area (Å²) in [6, 6.07) is 8.39. The van der Waals surface area contributed by atoms with Crippen molar-refractivity contribution >= 4 is 23.3 Å². The minimum atomic E-state index is -0.337. The minimum absolute atomic E-state index is 0.191. The van der Waals surface area contributed by atoms with Gasteiger partial charge < -0.3 is 5.32 Å². The van der Waals surface area contributed by atoms with Crippen LogP contribution in [0.4, 0.5) is 5.82 Å². The predicted octanol–water partition coefficient (Wildman–Crippen LogP) is 2.25. The van der Waals surface area contributed by atoms with Crippen LogP contribution in [0, 0.1) is 11.3 Å². The fraction of sp³-hybridized carbons (Fsp3) is 0. The highest BCUT2D eigenvalue weighted by Crippen LogP contribution is 2.12. The molecule has 18 heavy (non-hydrogen) atoms. The fourth-order valence-corrected chi connectivity index (χ4v) is 1.46. The van der Waals surface area contributed by atoms with Crippen LogP contribution in [0.15, 0.2) is 36.7 Å². The second-order valence-electron chi connectivity index (χ2n) is 3.36. The Bertz CT molecular complexity index is 619. The molecule has 0 atom stereocenters. The van der Waals surface area contributed by atoms with Gasteiger partial charge in [-0.2, -0.15) is 5.26 Å². The van der Waals surface area contributed by atoms with Gasteiger partial charge in [-0.15, -0.1) is 0 Å². The fourth-order valence-electron chi connectivity index (χ4n) is 1.27. The van der Waals surface area contributed by atoms with Crippen LogP contribution in [0.3, 0.4) is 0 Å². The highest BCUT2D eigenvalue weighted by Gasteiger charge is 2.07. The van der Waals surface area contributed by atoms with E-state index in [0.717, 1.165) is 0 Å². The van der Waals surface area contributed by atoms with Crippen molar-refractivity contribution in [2.24, 2.45) is 0 Å². The zero-order chi connectivity index (χ0) is 13.0. The first-order valence-electron chi connectivity index (χ1n) is 4.98. The number of aromatic nitrogens is 2. The van der Waals surface area contributed by atoms with Gasteiger partial charge in [-0.1, -0.05) is 17.7 Å². The molecular weight excluding hydrogens is 252 g/mol. The largest absolute Gasteiger partial charge is 0.305 e. The van der Waals surface area contributed by atoms with Crippen LogP contribution < -0.4 is 5.32 Å². The third-order valence-electron chi connectivity index (χ3n) is 2.09. The summed E-state index contributed by atoms with van der Waals surface area (Å²) in [5, 5.41) is 11.6. The first-order valence-corrected chi connectivity index (χ1v) is 5.36. The van der Waals surface area contributed by atoms with Crippen LogP contribution in [0.1, 0.15) is 16.1 Å². The maximum absolute atomic E-state index is 11.8. The third kappa shape index (κ3) is 2.81. The number of carbonyl (C=O) groups excluding carboxylic acids is 1. The average Bonchev–Trinajstić information content (AvgIpc) is 2.39. The molecule has 0 aliphatic heterocycles. The number of nitrogens with one attached hydrogen (secondary N) is 1. The van der Waals surface area contributed by atoms with E-state index in [0.29, 0.717) is 10.6 Å². The first kappa shape index (κ1) is 12.0. The maximum atomic E-state index is 11.8. The summed E-state index contributed by atoms with van der Waals surface area (Å²) >= 11 is 5.79. The third-order valence-corrected chi connectivity index (χ3v) is 2.33. The lowest BCUT2D eigenvalue weighted by Crippen LogP contribution is -2.13. The molecule has 0 radical (unpaired) electrons. The molecule has 0 aliphatic rings. The van der Waals surface area contributed by atoms with Crippen LogP contribution >= 0.6 is 11.6 Å². The van der Waals surface area contributed by atoms with Crippen LogP contribution in [-0.2, 0) is 0 Å². The Kier molecular flexibility index (Phi) is 3.51. The van der Waals surface area contributed by atoms with E-state index in [1.807, 2.05) is 6.07 Å². The Balaban J connectivity index is 2.14. The Labute approximate surface area is 108 Å². The van der Waals surface area contributed by atoms with E-state index in [-0.39, 0.29) is 17.4 Å². The summed E-state index contributed by atoms with van der Waals surface area (Å²) in [5.41, 5.74) is 0.615. The van der Waals surface area contributed by atoms with Gasteiger partial charge in [-0.25, -0.2) is 9.97 Å². The SMILES string of the molecule is N#Cc1cnc(NC(=O)c2cccc(Cl)c2)cn1. The average molecular weight is 259 g/mol. The topological polar surface area (TPSA) is 78.7 Å². The molecule has 2 aromatic rings. The van der Waals surface area contributed by atoms with Gasteiger partial charge in [0.15, 0.2) is 11.5 Å². The molecule has 0 saturated carbocycles. The van der Waals surface area contributed by atoms with Crippen LogP contribution in [0.2, 0.25) is 5.02 Å². The van der Waals surface area contributed by atoms with Crippen molar-refractivity contribution in [3.05, 3.63) is 52.9 Å². The number of halogens is 1. The summed E-state index contributed by atoms with van der Waals surface area (Å²) in [7, 11) is 0. The summed E-state index contributed by atoms with van der Waals surface area (Å²) in [5.74, 6) is -0.0597. The standard InChI is InChI=1S/C12H7ClN4O/c13-9-3-1-2-8(4-9)12(18)17-11-7-15-10(5-14)6-16-11/h1-4,6-7H,(H,16,17,18). The van der Waals surface area contributed by atoms with Gasteiger partial charge in [0.1, 0.15) is 6.07 Å². The van der Waals surface area contributed by atoms with E-state index in [4.69, 9.17) is 16.9 Å². The molecule has 2 rings (SSSR count). The molecule has 0 spiro atoms. The van der Waals surface area contributed by atoms with Crippen molar-refractivity contribution in [3.63, 3.8) is 0 Å². The highest BCUT2D eigenvalue weighted by molar-refractivity contribution is 6.31. The van der Waals surface area contributed by atoms with Crippen molar-refractivity contribution in [2.45, 2.75) is 0 Å². The van der Waals surface area contributed by atoms with Crippen molar-refractivity contribution in [2.75, 3.05) is 5.32 Å². The minimum Gasteiger partial charge on any atom is -0.305 e. The second-order valence-corrected chi connectivity index (χ2v) is 3.80. The predicted molar refractivity (Wildman–Crippen MR) is 66.2 cm³/mol. The van der Waals surface area contributed by atoms with Crippen molar-refractivity contribution in [1.82, 2.24) is 9.97 Å². The van der Waals surface area contributed by atoms with Gasteiger partial charge >= 0.3 is 0 Å². The Morgan fingerprint density at radius 1 is 1.33 bits per heavy atom. The number of nitriles is 1. The quantitative estimate of drug-likeness (QED) is 0.896. The molecule has 5 nitrogen and oxygen atoms in total. The normalized spacial score (nSPS) is 9.56. The second kappa shape index (κ2) is 5.25. The zero-order valence-corrected chi connectivity index (χ0v) is 9.85. The Morgan fingerprint density at radius 2 is 2.17 bits per heavy atom. The summed E-state index contributed by atoms with van der Waals surface area (Å²) < 4.78 is 0. The molecule has 1 aromatic heterocycles. The zero-order valence-electron chi connectivity index (χ0n) is 9.09. The van der Waals surface area contributed by atoms with Gasteiger partial charge in [0, 0.05) is 10.6 Å². The molecule has 88 valence electrons. The number of rotatable bonds is 2. The van der Waals surface area contributed by atoms with Gasteiger partial charge in [-0.3, -0.25) is 4.79 Å². The molecule has 0 fully saturated rings. The number of carbonyl (C=O) groups is 1. The lowest BCUT2D eigenvalue weighted by atomic mass is 10.2. The van der Waals surface area contributed by atoms with Gasteiger partial charge in [0.25, 0.3) is 5.91 Å².